The molecule has 134 valence electrons. The van der Waals surface area contributed by atoms with Crippen LogP contribution >= 0.6 is 23.4 Å². The number of carbonyl (C=O) groups excluding carboxylic acids is 1. The van der Waals surface area contributed by atoms with Crippen molar-refractivity contribution in [3.63, 3.8) is 0 Å². The Bertz CT molecular complexity index is 694. The predicted molar refractivity (Wildman–Crippen MR) is 99.0 cm³/mol. The molecule has 2 rings (SSSR count). The molecule has 0 atom stereocenters. The number of carbonyl (C=O) groups is 1. The molecule has 1 heterocycles. The van der Waals surface area contributed by atoms with E-state index in [0.29, 0.717) is 31.9 Å². The Labute approximate surface area is 153 Å². The van der Waals surface area contributed by atoms with E-state index in [1.54, 1.807) is 34.9 Å². The van der Waals surface area contributed by atoms with Crippen LogP contribution in [0.2, 0.25) is 5.02 Å². The summed E-state index contributed by atoms with van der Waals surface area (Å²) in [7, 11) is -3.62. The Morgan fingerprint density at radius 2 is 1.75 bits per heavy atom. The number of piperazine rings is 1. The maximum absolute atomic E-state index is 12.7. The second kappa shape index (κ2) is 7.64. The summed E-state index contributed by atoms with van der Waals surface area (Å²) in [4.78, 5) is 14.1. The van der Waals surface area contributed by atoms with Crippen LogP contribution in [-0.2, 0) is 14.8 Å². The summed E-state index contributed by atoms with van der Waals surface area (Å²) in [6.07, 6.45) is 0. The third-order valence-corrected chi connectivity index (χ3v) is 7.33. The molecule has 0 spiro atoms. The first-order valence-corrected chi connectivity index (χ1v) is 10.6. The molecular weight excluding hydrogens is 368 g/mol. The van der Waals surface area contributed by atoms with E-state index in [2.05, 4.69) is 20.8 Å². The van der Waals surface area contributed by atoms with E-state index in [0.717, 1.165) is 0 Å². The summed E-state index contributed by atoms with van der Waals surface area (Å²) in [5, 5.41) is 0.220. The van der Waals surface area contributed by atoms with E-state index in [1.165, 1.54) is 10.4 Å². The van der Waals surface area contributed by atoms with Gasteiger partial charge in [-0.05, 0) is 12.1 Å². The molecule has 5 nitrogen and oxygen atoms in total. The van der Waals surface area contributed by atoms with Crippen molar-refractivity contribution in [3.8, 4) is 0 Å². The number of thioether (sulfide) groups is 1. The molecule has 0 bridgehead atoms. The minimum Gasteiger partial charge on any atom is -0.339 e. The lowest BCUT2D eigenvalue weighted by Gasteiger charge is -2.34. The standard InChI is InChI=1S/C16H23ClN2O3S2/c1-16(2,3)23-12-15(20)18-8-10-19(11-9-18)24(21,22)14-7-5-4-6-13(14)17/h4-7H,8-12H2,1-3H3. The van der Waals surface area contributed by atoms with Crippen molar-refractivity contribution in [2.45, 2.75) is 30.4 Å². The number of nitrogens with zero attached hydrogens (tertiary/aromatic N) is 2. The van der Waals surface area contributed by atoms with Crippen molar-refractivity contribution in [3.05, 3.63) is 29.3 Å². The Kier molecular flexibility index (Phi) is 6.23. The van der Waals surface area contributed by atoms with Crippen LogP contribution in [0, 0.1) is 0 Å². The van der Waals surface area contributed by atoms with Crippen LogP contribution in [0.1, 0.15) is 20.8 Å². The van der Waals surface area contributed by atoms with Gasteiger partial charge in [-0.1, -0.05) is 44.5 Å². The molecule has 1 amide bonds. The molecule has 24 heavy (non-hydrogen) atoms. The maximum Gasteiger partial charge on any atom is 0.244 e. The lowest BCUT2D eigenvalue weighted by atomic mass is 10.3. The lowest BCUT2D eigenvalue weighted by Crippen LogP contribution is -2.51. The normalized spacial score (nSPS) is 17.1. The van der Waals surface area contributed by atoms with E-state index < -0.39 is 10.0 Å². The molecule has 0 radical (unpaired) electrons. The Hall–Kier alpha value is -0.760. The summed E-state index contributed by atoms with van der Waals surface area (Å²) < 4.78 is 26.8. The van der Waals surface area contributed by atoms with Gasteiger partial charge in [-0.25, -0.2) is 8.42 Å². The molecular formula is C16H23ClN2O3S2. The fourth-order valence-electron chi connectivity index (χ4n) is 2.34. The van der Waals surface area contributed by atoms with E-state index in [9.17, 15) is 13.2 Å². The molecule has 0 aromatic heterocycles. The zero-order valence-corrected chi connectivity index (χ0v) is 16.5. The summed E-state index contributed by atoms with van der Waals surface area (Å²) in [6, 6.07) is 6.43. The van der Waals surface area contributed by atoms with Crippen LogP contribution in [0.4, 0.5) is 0 Å². The molecule has 0 aliphatic carbocycles. The molecule has 1 aliphatic heterocycles. The second-order valence-corrected chi connectivity index (χ2v) is 10.7. The third-order valence-electron chi connectivity index (χ3n) is 3.67. The average molecular weight is 391 g/mol. The topological polar surface area (TPSA) is 57.7 Å². The van der Waals surface area contributed by atoms with Crippen molar-refractivity contribution >= 4 is 39.3 Å². The molecule has 1 aromatic carbocycles. The highest BCUT2D eigenvalue weighted by Crippen LogP contribution is 2.26. The molecule has 1 saturated heterocycles. The van der Waals surface area contributed by atoms with Gasteiger partial charge in [-0.15, -0.1) is 11.8 Å². The second-order valence-electron chi connectivity index (χ2n) is 6.62. The fourth-order valence-corrected chi connectivity index (χ4v) is 4.99. The number of hydrogen-bond donors (Lipinski definition) is 0. The van der Waals surface area contributed by atoms with E-state index in [4.69, 9.17) is 11.6 Å². The molecule has 1 aliphatic rings. The van der Waals surface area contributed by atoms with Gasteiger partial charge in [-0.3, -0.25) is 4.79 Å². The summed E-state index contributed by atoms with van der Waals surface area (Å²) >= 11 is 7.62. The van der Waals surface area contributed by atoms with Crippen molar-refractivity contribution in [2.75, 3.05) is 31.9 Å². The fraction of sp³-hybridized carbons (Fsp3) is 0.562. The number of rotatable bonds is 4. The molecule has 0 saturated carbocycles. The number of hydrogen-bond acceptors (Lipinski definition) is 4. The van der Waals surface area contributed by atoms with Gasteiger partial charge in [0, 0.05) is 30.9 Å². The first-order chi connectivity index (χ1) is 11.1. The van der Waals surface area contributed by atoms with Crippen LogP contribution in [0.3, 0.4) is 0 Å². The number of amides is 1. The first kappa shape index (κ1) is 19.6. The van der Waals surface area contributed by atoms with Crippen molar-refractivity contribution in [1.82, 2.24) is 9.21 Å². The SMILES string of the molecule is CC(C)(C)SCC(=O)N1CCN(S(=O)(=O)c2ccccc2Cl)CC1. The van der Waals surface area contributed by atoms with Gasteiger partial charge in [0.1, 0.15) is 4.90 Å². The quantitative estimate of drug-likeness (QED) is 0.793. The monoisotopic (exact) mass is 390 g/mol. The highest BCUT2D eigenvalue weighted by Gasteiger charge is 2.31. The highest BCUT2D eigenvalue weighted by molar-refractivity contribution is 8.01. The number of benzene rings is 1. The smallest absolute Gasteiger partial charge is 0.244 e. The van der Waals surface area contributed by atoms with Crippen LogP contribution in [0.15, 0.2) is 29.2 Å². The Balaban J connectivity index is 1.97. The Morgan fingerprint density at radius 3 is 2.29 bits per heavy atom. The van der Waals surface area contributed by atoms with Gasteiger partial charge >= 0.3 is 0 Å². The zero-order chi connectivity index (χ0) is 18.0. The molecule has 0 N–H and O–H groups in total. The molecule has 8 heteroatoms. The molecule has 1 aromatic rings. The van der Waals surface area contributed by atoms with Gasteiger partial charge < -0.3 is 4.90 Å². The van der Waals surface area contributed by atoms with Crippen molar-refractivity contribution in [1.29, 1.82) is 0 Å². The molecule has 1 fully saturated rings. The summed E-state index contributed by atoms with van der Waals surface area (Å²) in [5.41, 5.74) is 0. The van der Waals surface area contributed by atoms with Crippen LogP contribution in [0.5, 0.6) is 0 Å². The minimum atomic E-state index is -3.62. The van der Waals surface area contributed by atoms with Gasteiger partial charge in [-0.2, -0.15) is 4.31 Å². The number of sulfonamides is 1. The van der Waals surface area contributed by atoms with E-state index in [1.807, 2.05) is 0 Å². The van der Waals surface area contributed by atoms with Crippen LogP contribution < -0.4 is 0 Å². The zero-order valence-electron chi connectivity index (χ0n) is 14.2. The van der Waals surface area contributed by atoms with E-state index >= 15 is 0 Å². The predicted octanol–water partition coefficient (Wildman–Crippen LogP) is 2.70. The Morgan fingerprint density at radius 1 is 1.17 bits per heavy atom. The highest BCUT2D eigenvalue weighted by atomic mass is 35.5. The summed E-state index contributed by atoms with van der Waals surface area (Å²) in [5.74, 6) is 0.477. The molecule has 0 unspecified atom stereocenters. The van der Waals surface area contributed by atoms with Crippen molar-refractivity contribution < 1.29 is 13.2 Å². The van der Waals surface area contributed by atoms with Crippen LogP contribution in [0.25, 0.3) is 0 Å². The van der Waals surface area contributed by atoms with Crippen LogP contribution in [-0.4, -0.2) is 60.2 Å². The first-order valence-electron chi connectivity index (χ1n) is 7.78. The minimum absolute atomic E-state index is 0.0326. The third kappa shape index (κ3) is 4.88. The van der Waals surface area contributed by atoms with Gasteiger partial charge in [0.15, 0.2) is 0 Å². The van der Waals surface area contributed by atoms with Crippen molar-refractivity contribution in [2.24, 2.45) is 0 Å². The largest absolute Gasteiger partial charge is 0.339 e. The lowest BCUT2D eigenvalue weighted by molar-refractivity contribution is -0.129. The summed E-state index contributed by atoms with van der Waals surface area (Å²) in [6.45, 7) is 7.61. The maximum atomic E-state index is 12.7. The van der Waals surface area contributed by atoms with Gasteiger partial charge in [0.2, 0.25) is 15.9 Å². The van der Waals surface area contributed by atoms with E-state index in [-0.39, 0.29) is 20.6 Å². The van der Waals surface area contributed by atoms with Gasteiger partial charge in [0.25, 0.3) is 0 Å². The average Bonchev–Trinajstić information content (AvgIpc) is 2.52. The number of halogens is 1. The van der Waals surface area contributed by atoms with Gasteiger partial charge in [0.05, 0.1) is 10.8 Å².